The number of benzene rings is 2. The van der Waals surface area contributed by atoms with Gasteiger partial charge in [0.1, 0.15) is 12.1 Å². The highest BCUT2D eigenvalue weighted by Gasteiger charge is 2.44. The Bertz CT molecular complexity index is 1030. The fourth-order valence-corrected chi connectivity index (χ4v) is 4.90. The van der Waals surface area contributed by atoms with E-state index in [4.69, 9.17) is 4.74 Å². The maximum Gasteiger partial charge on any atom is 0.407 e. The molecular weight excluding hydrogens is 420 g/mol. The van der Waals surface area contributed by atoms with Crippen molar-refractivity contribution in [1.82, 2.24) is 10.6 Å². The largest absolute Gasteiger partial charge is 0.480 e. The van der Waals surface area contributed by atoms with Crippen molar-refractivity contribution in [2.75, 3.05) is 13.2 Å². The third-order valence-corrected chi connectivity index (χ3v) is 6.92. The number of hydrogen-bond acceptors (Lipinski definition) is 4. The number of aliphatic carboxylic acids is 1. The molecule has 2 amide bonds. The fourth-order valence-electron chi connectivity index (χ4n) is 4.90. The lowest BCUT2D eigenvalue weighted by molar-refractivity contribution is -0.148. The number of ether oxygens (including phenoxy) is 1. The molecule has 0 radical (unpaired) electrons. The lowest BCUT2D eigenvalue weighted by Gasteiger charge is -2.32. The smallest absolute Gasteiger partial charge is 0.407 e. The second-order valence-corrected chi connectivity index (χ2v) is 9.55. The summed E-state index contributed by atoms with van der Waals surface area (Å²) in [6.45, 7) is 3.22. The molecule has 2 aromatic carbocycles. The predicted octanol–water partition coefficient (Wildman–Crippen LogP) is 4.06. The number of amides is 2. The van der Waals surface area contributed by atoms with Crippen molar-refractivity contribution in [2.45, 2.75) is 51.0 Å². The Hall–Kier alpha value is -3.35. The van der Waals surface area contributed by atoms with E-state index in [2.05, 4.69) is 34.9 Å². The van der Waals surface area contributed by atoms with Gasteiger partial charge in [-0.15, -0.1) is 0 Å². The molecule has 7 nitrogen and oxygen atoms in total. The number of carbonyl (C=O) groups is 3. The first-order valence-corrected chi connectivity index (χ1v) is 11.4. The Labute approximate surface area is 193 Å². The van der Waals surface area contributed by atoms with E-state index >= 15 is 0 Å². The van der Waals surface area contributed by atoms with Gasteiger partial charge in [0.05, 0.1) is 5.41 Å². The summed E-state index contributed by atoms with van der Waals surface area (Å²) in [6.07, 6.45) is 2.32. The van der Waals surface area contributed by atoms with Gasteiger partial charge in [0.25, 0.3) is 0 Å². The quantitative estimate of drug-likeness (QED) is 0.590. The van der Waals surface area contributed by atoms with Crippen molar-refractivity contribution in [2.24, 2.45) is 5.41 Å². The van der Waals surface area contributed by atoms with Crippen LogP contribution in [0, 0.1) is 5.41 Å². The van der Waals surface area contributed by atoms with Crippen LogP contribution in [0.1, 0.15) is 56.6 Å². The van der Waals surface area contributed by atoms with Gasteiger partial charge in [0.2, 0.25) is 5.91 Å². The molecule has 0 atom stereocenters. The van der Waals surface area contributed by atoms with Crippen molar-refractivity contribution in [3.8, 4) is 11.1 Å². The number of rotatable bonds is 7. The SMILES string of the molecule is CC(C)(NC(=O)C1(CNC(=O)OCC2c3ccccc3-c3ccccc32)CCCC1)C(=O)O. The zero-order valence-electron chi connectivity index (χ0n) is 19.0. The first-order chi connectivity index (χ1) is 15.7. The van der Waals surface area contributed by atoms with E-state index < -0.39 is 23.0 Å². The molecule has 0 spiro atoms. The molecule has 0 heterocycles. The number of carboxylic acids is 1. The molecule has 2 aliphatic rings. The Morgan fingerprint density at radius 1 is 1.00 bits per heavy atom. The maximum atomic E-state index is 13.0. The number of nitrogens with one attached hydrogen (secondary N) is 2. The van der Waals surface area contributed by atoms with Crippen LogP contribution in [0.3, 0.4) is 0 Å². The number of carboxylic acid groups (broad SMARTS) is 1. The highest BCUT2D eigenvalue weighted by Crippen LogP contribution is 2.44. The van der Waals surface area contributed by atoms with E-state index in [9.17, 15) is 19.5 Å². The van der Waals surface area contributed by atoms with Crippen LogP contribution >= 0.6 is 0 Å². The van der Waals surface area contributed by atoms with Gasteiger partial charge in [0.15, 0.2) is 0 Å². The standard InChI is InChI=1S/C26H30N2O5/c1-25(2,23(30)31)28-22(29)26(13-7-8-14-26)16-27-24(32)33-15-21-19-11-5-3-9-17(19)18-10-4-6-12-20(18)21/h3-6,9-12,21H,7-8,13-16H2,1-2H3,(H,27,32)(H,28,29)(H,30,31). The van der Waals surface area contributed by atoms with Crippen molar-refractivity contribution >= 4 is 18.0 Å². The molecule has 0 aliphatic heterocycles. The molecule has 174 valence electrons. The fraction of sp³-hybridized carbons (Fsp3) is 0.423. The molecule has 0 unspecified atom stereocenters. The summed E-state index contributed by atoms with van der Waals surface area (Å²) in [5.41, 5.74) is 2.38. The third-order valence-electron chi connectivity index (χ3n) is 6.92. The van der Waals surface area contributed by atoms with Crippen molar-refractivity contribution in [3.05, 3.63) is 59.7 Å². The Morgan fingerprint density at radius 3 is 2.09 bits per heavy atom. The highest BCUT2D eigenvalue weighted by atomic mass is 16.5. The van der Waals surface area contributed by atoms with Crippen molar-refractivity contribution < 1.29 is 24.2 Å². The van der Waals surface area contributed by atoms with E-state index in [0.717, 1.165) is 35.1 Å². The monoisotopic (exact) mass is 450 g/mol. The van der Waals surface area contributed by atoms with E-state index in [1.807, 2.05) is 24.3 Å². The van der Waals surface area contributed by atoms with Gasteiger partial charge in [-0.3, -0.25) is 4.79 Å². The molecule has 33 heavy (non-hydrogen) atoms. The summed E-state index contributed by atoms with van der Waals surface area (Å²) in [5, 5.41) is 14.7. The van der Waals surface area contributed by atoms with Crippen LogP contribution in [0.2, 0.25) is 0 Å². The Balaban J connectivity index is 1.39. The summed E-state index contributed by atoms with van der Waals surface area (Å²) in [5.74, 6) is -1.48. The molecule has 2 aromatic rings. The minimum Gasteiger partial charge on any atom is -0.480 e. The van der Waals surface area contributed by atoms with Gasteiger partial charge in [-0.2, -0.15) is 0 Å². The van der Waals surface area contributed by atoms with Crippen LogP contribution in [0.4, 0.5) is 4.79 Å². The number of hydrogen-bond donors (Lipinski definition) is 3. The molecule has 2 aliphatic carbocycles. The van der Waals surface area contributed by atoms with E-state index in [1.54, 1.807) is 0 Å². The second kappa shape index (κ2) is 8.89. The summed E-state index contributed by atoms with van der Waals surface area (Å²) in [6, 6.07) is 16.3. The average Bonchev–Trinajstić information content (AvgIpc) is 3.40. The van der Waals surface area contributed by atoms with E-state index in [0.29, 0.717) is 12.8 Å². The number of alkyl carbamates (subject to hydrolysis) is 1. The van der Waals surface area contributed by atoms with Gasteiger partial charge in [-0.1, -0.05) is 61.4 Å². The lowest BCUT2D eigenvalue weighted by atomic mass is 9.84. The first-order valence-electron chi connectivity index (χ1n) is 11.4. The van der Waals surface area contributed by atoms with Gasteiger partial charge in [-0.25, -0.2) is 9.59 Å². The van der Waals surface area contributed by atoms with Crippen LogP contribution in [-0.4, -0.2) is 41.8 Å². The Morgan fingerprint density at radius 2 is 1.55 bits per heavy atom. The van der Waals surface area contributed by atoms with Crippen LogP contribution in [0.5, 0.6) is 0 Å². The minimum absolute atomic E-state index is 0.0387. The third kappa shape index (κ3) is 4.45. The normalized spacial score (nSPS) is 16.5. The summed E-state index contributed by atoms with van der Waals surface area (Å²) < 4.78 is 5.59. The average molecular weight is 451 g/mol. The van der Waals surface area contributed by atoms with Gasteiger partial charge >= 0.3 is 12.1 Å². The van der Waals surface area contributed by atoms with Crippen LogP contribution < -0.4 is 10.6 Å². The van der Waals surface area contributed by atoms with Crippen molar-refractivity contribution in [1.29, 1.82) is 0 Å². The predicted molar refractivity (Wildman–Crippen MR) is 124 cm³/mol. The first kappa shape index (κ1) is 22.8. The van der Waals surface area contributed by atoms with Crippen molar-refractivity contribution in [3.63, 3.8) is 0 Å². The molecule has 0 bridgehead atoms. The lowest BCUT2D eigenvalue weighted by Crippen LogP contribution is -2.56. The zero-order valence-corrected chi connectivity index (χ0v) is 19.0. The van der Waals surface area contributed by atoms with E-state index in [1.165, 1.54) is 13.8 Å². The molecule has 0 aromatic heterocycles. The minimum atomic E-state index is -1.38. The van der Waals surface area contributed by atoms with Crippen LogP contribution in [0.25, 0.3) is 11.1 Å². The van der Waals surface area contributed by atoms with Gasteiger partial charge in [0, 0.05) is 12.5 Å². The summed E-state index contributed by atoms with van der Waals surface area (Å²) in [7, 11) is 0. The molecule has 3 N–H and O–H groups in total. The second-order valence-electron chi connectivity index (χ2n) is 9.55. The molecule has 0 saturated heterocycles. The number of carbonyl (C=O) groups excluding carboxylic acids is 2. The van der Waals surface area contributed by atoms with Gasteiger partial charge in [-0.05, 0) is 48.9 Å². The highest BCUT2D eigenvalue weighted by molar-refractivity contribution is 5.90. The summed E-state index contributed by atoms with van der Waals surface area (Å²) in [4.78, 5) is 37.0. The number of fused-ring (bicyclic) bond motifs is 3. The topological polar surface area (TPSA) is 105 Å². The van der Waals surface area contributed by atoms with Gasteiger partial charge < -0.3 is 20.5 Å². The summed E-state index contributed by atoms with van der Waals surface area (Å²) >= 11 is 0. The molecule has 7 heteroatoms. The van der Waals surface area contributed by atoms with Crippen LogP contribution in [-0.2, 0) is 14.3 Å². The molecule has 1 saturated carbocycles. The van der Waals surface area contributed by atoms with Crippen LogP contribution in [0.15, 0.2) is 48.5 Å². The molecular formula is C26H30N2O5. The molecule has 4 rings (SSSR count). The molecule has 1 fully saturated rings. The Kier molecular flexibility index (Phi) is 6.15. The van der Waals surface area contributed by atoms with E-state index in [-0.39, 0.29) is 25.0 Å². The maximum absolute atomic E-state index is 13.0. The zero-order chi connectivity index (χ0) is 23.6.